The maximum Gasteiger partial charge on any atom is 0.183 e. The van der Waals surface area contributed by atoms with E-state index in [4.69, 9.17) is 0 Å². The standard InChI is InChI=1S/C21H24BN3/c1-14(2)22-13-16-9-5-6-10-17(16)21-20(23-24-25(21)15(3)4)18-11-7-8-12-19(18)22/h5-12,14-15H,13H2,1-4H3. The highest BCUT2D eigenvalue weighted by molar-refractivity contribution is 6.75. The summed E-state index contributed by atoms with van der Waals surface area (Å²) < 4.78 is 2.07. The molecular formula is C21H24BN3. The first-order valence-electron chi connectivity index (χ1n) is 9.20. The molecule has 0 saturated carbocycles. The first-order valence-corrected chi connectivity index (χ1v) is 9.20. The van der Waals surface area contributed by atoms with E-state index < -0.39 is 0 Å². The van der Waals surface area contributed by atoms with Gasteiger partial charge in [0.05, 0.1) is 5.69 Å². The summed E-state index contributed by atoms with van der Waals surface area (Å²) in [6, 6.07) is 17.8. The van der Waals surface area contributed by atoms with E-state index in [-0.39, 0.29) is 6.04 Å². The molecule has 0 bridgehead atoms. The molecule has 0 amide bonds. The largest absolute Gasteiger partial charge is 0.242 e. The first kappa shape index (κ1) is 16.1. The van der Waals surface area contributed by atoms with Gasteiger partial charge in [0.15, 0.2) is 6.71 Å². The summed E-state index contributed by atoms with van der Waals surface area (Å²) in [6.07, 6.45) is 1.05. The lowest BCUT2D eigenvalue weighted by atomic mass is 9.34. The molecule has 0 fully saturated rings. The van der Waals surface area contributed by atoms with Crippen molar-refractivity contribution in [2.24, 2.45) is 0 Å². The van der Waals surface area contributed by atoms with E-state index in [1.807, 2.05) is 0 Å². The Bertz CT molecular complexity index is 911. The minimum atomic E-state index is 0.275. The zero-order valence-corrected chi connectivity index (χ0v) is 15.4. The van der Waals surface area contributed by atoms with Gasteiger partial charge in [0.25, 0.3) is 0 Å². The summed E-state index contributed by atoms with van der Waals surface area (Å²) in [5, 5.41) is 9.14. The predicted molar refractivity (Wildman–Crippen MR) is 105 cm³/mol. The van der Waals surface area contributed by atoms with Gasteiger partial charge in [-0.3, -0.25) is 0 Å². The lowest BCUT2D eigenvalue weighted by Crippen LogP contribution is -2.38. The highest BCUT2D eigenvalue weighted by atomic mass is 15.4. The highest BCUT2D eigenvalue weighted by Crippen LogP contribution is 2.36. The fraction of sp³-hybridized carbons (Fsp3) is 0.333. The second-order valence-electron chi connectivity index (χ2n) is 7.62. The number of nitrogens with zero attached hydrogens (tertiary/aromatic N) is 3. The molecule has 0 aliphatic carbocycles. The van der Waals surface area contributed by atoms with Crippen molar-refractivity contribution in [1.29, 1.82) is 0 Å². The molecule has 1 aliphatic heterocycles. The summed E-state index contributed by atoms with van der Waals surface area (Å²) in [6.45, 7) is 9.45. The van der Waals surface area contributed by atoms with Gasteiger partial charge < -0.3 is 0 Å². The van der Waals surface area contributed by atoms with E-state index >= 15 is 0 Å². The normalized spacial score (nSPS) is 13.3. The van der Waals surface area contributed by atoms with Crippen LogP contribution < -0.4 is 5.46 Å². The molecule has 1 aromatic heterocycles. The molecule has 0 unspecified atom stereocenters. The van der Waals surface area contributed by atoms with Crippen molar-refractivity contribution in [1.82, 2.24) is 15.0 Å². The van der Waals surface area contributed by atoms with Crippen molar-refractivity contribution in [2.45, 2.75) is 45.9 Å². The van der Waals surface area contributed by atoms with Crippen molar-refractivity contribution in [3.05, 3.63) is 54.1 Å². The lowest BCUT2D eigenvalue weighted by molar-refractivity contribution is 0.519. The molecule has 126 valence electrons. The Morgan fingerprint density at radius 2 is 1.60 bits per heavy atom. The molecule has 25 heavy (non-hydrogen) atoms. The molecule has 3 aromatic rings. The van der Waals surface area contributed by atoms with Crippen LogP contribution in [0.2, 0.25) is 5.82 Å². The minimum absolute atomic E-state index is 0.275. The Kier molecular flexibility index (Phi) is 3.99. The zero-order valence-electron chi connectivity index (χ0n) is 15.4. The Labute approximate surface area is 150 Å². The summed E-state index contributed by atoms with van der Waals surface area (Å²) in [7, 11) is 0. The molecule has 0 spiro atoms. The SMILES string of the molecule is CC(C)B1Cc2ccccc2-c2c(nnn2C(C)C)-c2ccccc21. The minimum Gasteiger partial charge on any atom is -0.242 e. The first-order chi connectivity index (χ1) is 12.1. The summed E-state index contributed by atoms with van der Waals surface area (Å²) in [5.41, 5.74) is 7.46. The third kappa shape index (κ3) is 2.60. The van der Waals surface area contributed by atoms with Crippen LogP contribution in [-0.4, -0.2) is 21.7 Å². The number of hydrogen-bond acceptors (Lipinski definition) is 2. The van der Waals surface area contributed by atoms with Crippen molar-refractivity contribution < 1.29 is 0 Å². The van der Waals surface area contributed by atoms with Crippen molar-refractivity contribution >= 4 is 12.2 Å². The van der Waals surface area contributed by atoms with Crippen LogP contribution >= 0.6 is 0 Å². The second kappa shape index (κ2) is 6.18. The monoisotopic (exact) mass is 329 g/mol. The Morgan fingerprint density at radius 1 is 0.920 bits per heavy atom. The molecule has 3 nitrogen and oxygen atoms in total. The molecule has 1 aliphatic rings. The molecule has 4 rings (SSSR count). The van der Waals surface area contributed by atoms with Crippen LogP contribution in [0.3, 0.4) is 0 Å². The summed E-state index contributed by atoms with van der Waals surface area (Å²) in [5.74, 6) is 0.566. The van der Waals surface area contributed by atoms with Crippen LogP contribution in [0.25, 0.3) is 22.5 Å². The molecule has 4 heteroatoms. The molecule has 0 radical (unpaired) electrons. The fourth-order valence-electron chi connectivity index (χ4n) is 3.99. The topological polar surface area (TPSA) is 30.7 Å². The number of benzene rings is 2. The van der Waals surface area contributed by atoms with Crippen molar-refractivity contribution in [3.63, 3.8) is 0 Å². The number of rotatable bonds is 2. The van der Waals surface area contributed by atoms with Crippen LogP contribution in [0.5, 0.6) is 0 Å². The molecule has 0 N–H and O–H groups in total. The maximum atomic E-state index is 4.63. The van der Waals surface area contributed by atoms with Crippen LogP contribution in [-0.2, 0) is 6.32 Å². The van der Waals surface area contributed by atoms with E-state index in [9.17, 15) is 0 Å². The van der Waals surface area contributed by atoms with Gasteiger partial charge in [0.1, 0.15) is 5.69 Å². The molecular weight excluding hydrogens is 305 g/mol. The van der Waals surface area contributed by atoms with Gasteiger partial charge in [-0.2, -0.15) is 0 Å². The van der Waals surface area contributed by atoms with Crippen LogP contribution in [0.1, 0.15) is 39.3 Å². The van der Waals surface area contributed by atoms with Gasteiger partial charge in [0.2, 0.25) is 0 Å². The van der Waals surface area contributed by atoms with Crippen molar-refractivity contribution in [2.75, 3.05) is 0 Å². The Hall–Kier alpha value is -2.36. The van der Waals surface area contributed by atoms with E-state index in [2.05, 4.69) is 91.2 Å². The number of fused-ring (bicyclic) bond motifs is 5. The van der Waals surface area contributed by atoms with Crippen LogP contribution in [0, 0.1) is 0 Å². The molecule has 0 atom stereocenters. The van der Waals surface area contributed by atoms with Gasteiger partial charge in [0, 0.05) is 11.6 Å². The lowest BCUT2D eigenvalue weighted by Gasteiger charge is -2.25. The third-order valence-corrected chi connectivity index (χ3v) is 5.32. The fourth-order valence-corrected chi connectivity index (χ4v) is 3.99. The molecule has 2 aromatic carbocycles. The average molecular weight is 329 g/mol. The molecule has 2 heterocycles. The van der Waals surface area contributed by atoms with Gasteiger partial charge in [-0.05, 0) is 31.3 Å². The van der Waals surface area contributed by atoms with E-state index in [0.29, 0.717) is 12.5 Å². The Morgan fingerprint density at radius 3 is 2.32 bits per heavy atom. The summed E-state index contributed by atoms with van der Waals surface area (Å²) >= 11 is 0. The van der Waals surface area contributed by atoms with Crippen molar-refractivity contribution in [3.8, 4) is 22.5 Å². The highest BCUT2D eigenvalue weighted by Gasteiger charge is 2.31. The number of aromatic nitrogens is 3. The van der Waals surface area contributed by atoms with E-state index in [0.717, 1.165) is 17.7 Å². The van der Waals surface area contributed by atoms with E-state index in [1.165, 1.54) is 22.2 Å². The van der Waals surface area contributed by atoms with Gasteiger partial charge in [-0.15, -0.1) is 5.10 Å². The second-order valence-corrected chi connectivity index (χ2v) is 7.62. The number of hydrogen-bond donors (Lipinski definition) is 0. The van der Waals surface area contributed by atoms with Gasteiger partial charge >= 0.3 is 0 Å². The van der Waals surface area contributed by atoms with Gasteiger partial charge in [-0.25, -0.2) is 4.68 Å². The maximum absolute atomic E-state index is 4.63. The smallest absolute Gasteiger partial charge is 0.183 e. The zero-order chi connectivity index (χ0) is 17.6. The molecule has 0 saturated heterocycles. The predicted octanol–water partition coefficient (Wildman–Crippen LogP) is 4.40. The quantitative estimate of drug-likeness (QED) is 0.653. The third-order valence-electron chi connectivity index (χ3n) is 5.32. The summed E-state index contributed by atoms with van der Waals surface area (Å²) in [4.78, 5) is 0. The van der Waals surface area contributed by atoms with Crippen LogP contribution in [0.15, 0.2) is 48.5 Å². The Balaban J connectivity index is 2.08. The average Bonchev–Trinajstić information content (AvgIpc) is 3.03. The van der Waals surface area contributed by atoms with Gasteiger partial charge in [-0.1, -0.05) is 78.9 Å². The van der Waals surface area contributed by atoms with Crippen LogP contribution in [0.4, 0.5) is 0 Å². The van der Waals surface area contributed by atoms with E-state index in [1.54, 1.807) is 0 Å².